The zero-order chi connectivity index (χ0) is 16.2. The maximum absolute atomic E-state index is 5.44. The molecule has 1 unspecified atom stereocenters. The van der Waals surface area contributed by atoms with Crippen molar-refractivity contribution in [2.24, 2.45) is 0 Å². The van der Waals surface area contributed by atoms with E-state index in [-0.39, 0.29) is 0 Å². The lowest BCUT2D eigenvalue weighted by Crippen LogP contribution is -2.37. The van der Waals surface area contributed by atoms with Crippen LogP contribution in [-0.4, -0.2) is 64.5 Å². The highest BCUT2D eigenvalue weighted by molar-refractivity contribution is 5.21. The van der Waals surface area contributed by atoms with E-state index in [2.05, 4.69) is 25.2 Å². The number of likely N-dealkylation sites (tertiary alicyclic amines) is 1. The Kier molecular flexibility index (Phi) is 4.91. The molecule has 2 saturated heterocycles. The Balaban J connectivity index is 1.40. The van der Waals surface area contributed by atoms with Crippen LogP contribution >= 0.6 is 0 Å². The van der Waals surface area contributed by atoms with Crippen molar-refractivity contribution < 1.29 is 9.26 Å². The van der Waals surface area contributed by atoms with Gasteiger partial charge in [-0.25, -0.2) is 0 Å². The molecule has 7 nitrogen and oxygen atoms in total. The van der Waals surface area contributed by atoms with Crippen LogP contribution in [0.4, 0.5) is 0 Å². The van der Waals surface area contributed by atoms with Gasteiger partial charge in [0.25, 0.3) is 0 Å². The first-order chi connectivity index (χ1) is 11.9. The molecule has 2 aromatic heterocycles. The molecular formula is C17H25N5O2. The average molecular weight is 331 g/mol. The average Bonchev–Trinajstić information content (AvgIpc) is 3.28. The summed E-state index contributed by atoms with van der Waals surface area (Å²) in [5.41, 5.74) is 2.65. The summed E-state index contributed by atoms with van der Waals surface area (Å²) in [5, 5.41) is 11.4. The van der Waals surface area contributed by atoms with Crippen molar-refractivity contribution in [2.75, 3.05) is 39.4 Å². The van der Waals surface area contributed by atoms with Crippen molar-refractivity contribution in [3.8, 4) is 0 Å². The Bertz CT molecular complexity index is 621. The molecule has 4 rings (SSSR count). The number of nitrogens with zero attached hydrogens (tertiary/aromatic N) is 4. The molecule has 0 aromatic carbocycles. The van der Waals surface area contributed by atoms with Gasteiger partial charge >= 0.3 is 0 Å². The number of piperidine rings is 1. The highest BCUT2D eigenvalue weighted by Crippen LogP contribution is 2.29. The van der Waals surface area contributed by atoms with E-state index in [1.807, 2.05) is 12.3 Å². The van der Waals surface area contributed by atoms with Crippen molar-refractivity contribution in [1.82, 2.24) is 25.2 Å². The van der Waals surface area contributed by atoms with E-state index in [4.69, 9.17) is 9.26 Å². The lowest BCUT2D eigenvalue weighted by atomic mass is 9.92. The molecule has 0 spiro atoms. The van der Waals surface area contributed by atoms with Crippen LogP contribution in [0, 0.1) is 0 Å². The summed E-state index contributed by atoms with van der Waals surface area (Å²) in [7, 11) is 0. The molecule has 0 aliphatic carbocycles. The number of aromatic nitrogens is 3. The second-order valence-electron chi connectivity index (χ2n) is 6.75. The van der Waals surface area contributed by atoms with Gasteiger partial charge in [0.05, 0.1) is 32.2 Å². The molecule has 7 heteroatoms. The highest BCUT2D eigenvalue weighted by Gasteiger charge is 2.26. The first kappa shape index (κ1) is 15.8. The predicted octanol–water partition coefficient (Wildman–Crippen LogP) is 1.61. The molecule has 24 heavy (non-hydrogen) atoms. The maximum Gasteiger partial charge on any atom is 0.150 e. The first-order valence-electron chi connectivity index (χ1n) is 8.82. The molecule has 1 atom stereocenters. The third-order valence-electron chi connectivity index (χ3n) is 5.03. The molecule has 2 aliphatic heterocycles. The van der Waals surface area contributed by atoms with Crippen LogP contribution in [0.25, 0.3) is 0 Å². The van der Waals surface area contributed by atoms with Crippen LogP contribution in [0.15, 0.2) is 23.0 Å². The Morgan fingerprint density at radius 3 is 2.92 bits per heavy atom. The molecule has 0 saturated carbocycles. The predicted molar refractivity (Wildman–Crippen MR) is 88.4 cm³/mol. The van der Waals surface area contributed by atoms with Crippen LogP contribution in [0.2, 0.25) is 0 Å². The third kappa shape index (κ3) is 3.68. The second-order valence-corrected chi connectivity index (χ2v) is 6.75. The summed E-state index contributed by atoms with van der Waals surface area (Å²) >= 11 is 0. The van der Waals surface area contributed by atoms with Gasteiger partial charge in [-0.1, -0.05) is 5.16 Å². The van der Waals surface area contributed by atoms with Crippen molar-refractivity contribution in [3.05, 3.63) is 35.5 Å². The number of nitrogens with one attached hydrogen (secondary N) is 1. The quantitative estimate of drug-likeness (QED) is 0.897. The summed E-state index contributed by atoms with van der Waals surface area (Å²) in [6, 6.07) is 1.95. The summed E-state index contributed by atoms with van der Waals surface area (Å²) in [6.45, 7) is 7.64. The van der Waals surface area contributed by atoms with Crippen molar-refractivity contribution in [1.29, 1.82) is 0 Å². The molecule has 130 valence electrons. The van der Waals surface area contributed by atoms with Crippen molar-refractivity contribution in [2.45, 2.75) is 31.8 Å². The minimum atomic E-state index is 0.514. The van der Waals surface area contributed by atoms with Crippen LogP contribution in [0.3, 0.4) is 0 Å². The Morgan fingerprint density at radius 2 is 2.08 bits per heavy atom. The van der Waals surface area contributed by atoms with Gasteiger partial charge in [0.2, 0.25) is 0 Å². The van der Waals surface area contributed by atoms with Gasteiger partial charge in [0.1, 0.15) is 0 Å². The van der Waals surface area contributed by atoms with Gasteiger partial charge in [-0.15, -0.1) is 0 Å². The van der Waals surface area contributed by atoms with Crippen molar-refractivity contribution >= 4 is 0 Å². The highest BCUT2D eigenvalue weighted by atomic mass is 16.5. The van der Waals surface area contributed by atoms with E-state index in [0.29, 0.717) is 5.92 Å². The Labute approximate surface area is 141 Å². The molecule has 2 aromatic rings. The smallest absolute Gasteiger partial charge is 0.150 e. The number of hydrogen-bond acceptors (Lipinski definition) is 6. The van der Waals surface area contributed by atoms with E-state index in [1.165, 1.54) is 24.1 Å². The largest absolute Gasteiger partial charge is 0.379 e. The molecule has 0 radical (unpaired) electrons. The lowest BCUT2D eigenvalue weighted by molar-refractivity contribution is 0.0339. The summed E-state index contributed by atoms with van der Waals surface area (Å²) in [6.07, 6.45) is 6.13. The Morgan fingerprint density at radius 1 is 1.17 bits per heavy atom. The fourth-order valence-corrected chi connectivity index (χ4v) is 3.78. The van der Waals surface area contributed by atoms with Crippen LogP contribution in [0.1, 0.15) is 35.8 Å². The zero-order valence-electron chi connectivity index (χ0n) is 14.0. The number of hydrogen-bond donors (Lipinski definition) is 1. The number of morpholine rings is 1. The molecule has 2 fully saturated rings. The molecule has 0 amide bonds. The van der Waals surface area contributed by atoms with Crippen LogP contribution < -0.4 is 0 Å². The van der Waals surface area contributed by atoms with Gasteiger partial charge in [-0.2, -0.15) is 5.10 Å². The third-order valence-corrected chi connectivity index (χ3v) is 5.03. The van der Waals surface area contributed by atoms with E-state index >= 15 is 0 Å². The van der Waals surface area contributed by atoms with E-state index in [0.717, 1.165) is 58.2 Å². The van der Waals surface area contributed by atoms with Gasteiger partial charge in [-0.05, 0) is 19.4 Å². The Hall–Kier alpha value is -1.70. The number of H-pyrrole nitrogens is 1. The van der Waals surface area contributed by atoms with Crippen LogP contribution in [0.5, 0.6) is 0 Å². The van der Waals surface area contributed by atoms with Gasteiger partial charge in [0, 0.05) is 49.4 Å². The lowest BCUT2D eigenvalue weighted by Gasteiger charge is -2.32. The number of rotatable bonds is 5. The van der Waals surface area contributed by atoms with E-state index in [9.17, 15) is 0 Å². The minimum Gasteiger partial charge on any atom is -0.379 e. The maximum atomic E-state index is 5.44. The number of aromatic amines is 1. The normalized spacial score (nSPS) is 23.6. The molecule has 0 bridgehead atoms. The zero-order valence-corrected chi connectivity index (χ0v) is 14.0. The fraction of sp³-hybridized carbons (Fsp3) is 0.647. The minimum absolute atomic E-state index is 0.514. The first-order valence-corrected chi connectivity index (χ1v) is 8.82. The van der Waals surface area contributed by atoms with E-state index < -0.39 is 0 Å². The summed E-state index contributed by atoms with van der Waals surface area (Å²) in [5.74, 6) is 1.45. The van der Waals surface area contributed by atoms with Crippen LogP contribution in [-0.2, 0) is 17.8 Å². The van der Waals surface area contributed by atoms with E-state index in [1.54, 1.807) is 6.20 Å². The molecular weight excluding hydrogens is 306 g/mol. The van der Waals surface area contributed by atoms with Gasteiger partial charge < -0.3 is 9.26 Å². The number of ether oxygens (including phenoxy) is 1. The topological polar surface area (TPSA) is 70.4 Å². The summed E-state index contributed by atoms with van der Waals surface area (Å²) < 4.78 is 10.7. The van der Waals surface area contributed by atoms with Gasteiger partial charge in [-0.3, -0.25) is 14.9 Å². The molecule has 1 N–H and O–H groups in total. The summed E-state index contributed by atoms with van der Waals surface area (Å²) in [4.78, 5) is 4.90. The van der Waals surface area contributed by atoms with Gasteiger partial charge in [0.15, 0.2) is 5.76 Å². The second kappa shape index (κ2) is 7.46. The van der Waals surface area contributed by atoms with Crippen molar-refractivity contribution in [3.63, 3.8) is 0 Å². The monoisotopic (exact) mass is 331 g/mol. The fourth-order valence-electron chi connectivity index (χ4n) is 3.78. The molecule has 4 heterocycles. The molecule has 2 aliphatic rings. The standard InChI is InChI=1S/C17H25N5O2/c1-2-14(11-22(5-1)13-16-3-4-19-24-16)17-15(10-18-20-17)12-21-6-8-23-9-7-21/h3-4,10,14H,1-2,5-9,11-13H2,(H,18,20). The SMILES string of the molecule is c1cc(CN2CCCC(c3[nH]ncc3CN3CCOCC3)C2)on1.